The van der Waals surface area contributed by atoms with E-state index >= 15 is 0 Å². The zero-order valence-corrected chi connectivity index (χ0v) is 9.13. The van der Waals surface area contributed by atoms with Gasteiger partial charge in [0, 0.05) is 6.92 Å². The number of likely N-dealkylation sites (N-methyl/N-ethyl adjacent to an activating group) is 1. The molecule has 0 atom stereocenters. The van der Waals surface area contributed by atoms with E-state index in [0.717, 1.165) is 17.6 Å². The molecule has 0 heterocycles. The molecule has 0 N–H and O–H groups in total. The van der Waals surface area contributed by atoms with E-state index in [0.29, 0.717) is 5.05 Å². The van der Waals surface area contributed by atoms with Crippen LogP contribution in [0.4, 0.5) is 0 Å². The number of rotatable bonds is 3. The first-order valence-corrected chi connectivity index (χ1v) is 3.76. The maximum absolute atomic E-state index is 5.13. The molecule has 0 bridgehead atoms. The number of thiocarbonyl (C=S) groups is 1. The predicted octanol–water partition coefficient (Wildman–Crippen LogP) is -1.94. The normalized spacial score (nSPS) is 10.2. The zero-order valence-electron chi connectivity index (χ0n) is 7.56. The Morgan fingerprint density at radius 2 is 1.82 bits per heavy atom. The molecular weight excluding hydrogens is 182 g/mol. The highest BCUT2D eigenvalue weighted by molar-refractivity contribution is 7.80. The Kier molecular flexibility index (Phi) is 7.16. The minimum Gasteiger partial charge on any atom is -1.00 e. The van der Waals surface area contributed by atoms with Crippen molar-refractivity contribution in [3.05, 3.63) is 0 Å². The molecule has 4 heteroatoms. The SMILES string of the molecule is CC(=S)OCC[N+](C)(C)C.[Cl-]. The van der Waals surface area contributed by atoms with Gasteiger partial charge in [-0.3, -0.25) is 0 Å². The lowest BCUT2D eigenvalue weighted by Crippen LogP contribution is -3.00. The van der Waals surface area contributed by atoms with Crippen molar-refractivity contribution in [1.29, 1.82) is 0 Å². The van der Waals surface area contributed by atoms with Gasteiger partial charge < -0.3 is 21.6 Å². The molecule has 0 aromatic carbocycles. The second-order valence-corrected chi connectivity index (χ2v) is 3.93. The summed E-state index contributed by atoms with van der Waals surface area (Å²) in [6.45, 7) is 3.51. The molecule has 0 radical (unpaired) electrons. The fraction of sp³-hybridized carbons (Fsp3) is 0.857. The van der Waals surface area contributed by atoms with Crippen molar-refractivity contribution in [3.8, 4) is 0 Å². The van der Waals surface area contributed by atoms with E-state index in [-0.39, 0.29) is 12.4 Å². The Morgan fingerprint density at radius 1 is 1.36 bits per heavy atom. The summed E-state index contributed by atoms with van der Waals surface area (Å²) >= 11 is 4.75. The first-order valence-electron chi connectivity index (χ1n) is 3.35. The van der Waals surface area contributed by atoms with Crippen molar-refractivity contribution in [2.75, 3.05) is 34.3 Å². The van der Waals surface area contributed by atoms with Crippen LogP contribution >= 0.6 is 12.2 Å². The van der Waals surface area contributed by atoms with Gasteiger partial charge in [-0.05, 0) is 12.2 Å². The number of hydrogen-bond donors (Lipinski definition) is 0. The molecule has 0 saturated carbocycles. The molecule has 0 aliphatic carbocycles. The Labute approximate surface area is 80.5 Å². The van der Waals surface area contributed by atoms with Crippen molar-refractivity contribution in [3.63, 3.8) is 0 Å². The first-order chi connectivity index (χ1) is 4.42. The van der Waals surface area contributed by atoms with E-state index in [1.807, 2.05) is 0 Å². The van der Waals surface area contributed by atoms with E-state index in [1.54, 1.807) is 6.92 Å². The highest BCUT2D eigenvalue weighted by Crippen LogP contribution is 1.89. The molecule has 11 heavy (non-hydrogen) atoms. The predicted molar refractivity (Wildman–Crippen MR) is 47.1 cm³/mol. The fourth-order valence-electron chi connectivity index (χ4n) is 0.463. The summed E-state index contributed by atoms with van der Waals surface area (Å²) in [5, 5.41) is 0.633. The maximum atomic E-state index is 5.13. The molecule has 2 nitrogen and oxygen atoms in total. The van der Waals surface area contributed by atoms with Crippen LogP contribution in [0.15, 0.2) is 0 Å². The average molecular weight is 198 g/mol. The quantitative estimate of drug-likeness (QED) is 0.385. The Hall–Kier alpha value is 0.140. The van der Waals surface area contributed by atoms with Gasteiger partial charge in [0.05, 0.1) is 21.1 Å². The van der Waals surface area contributed by atoms with Crippen LogP contribution in [0.3, 0.4) is 0 Å². The van der Waals surface area contributed by atoms with Gasteiger partial charge in [0.15, 0.2) is 5.05 Å². The van der Waals surface area contributed by atoms with Crippen LogP contribution < -0.4 is 12.4 Å². The van der Waals surface area contributed by atoms with Gasteiger partial charge in [0.2, 0.25) is 0 Å². The maximum Gasteiger partial charge on any atom is 0.156 e. The zero-order chi connectivity index (χ0) is 8.20. The van der Waals surface area contributed by atoms with Crippen LogP contribution in [0.25, 0.3) is 0 Å². The third kappa shape index (κ3) is 13.2. The molecule has 0 unspecified atom stereocenters. The fourth-order valence-corrected chi connectivity index (χ4v) is 0.547. The van der Waals surface area contributed by atoms with E-state index in [2.05, 4.69) is 21.1 Å². The Bertz CT molecular complexity index is 122. The summed E-state index contributed by atoms with van der Waals surface area (Å²) in [5.74, 6) is 0. The number of ether oxygens (including phenoxy) is 1. The topological polar surface area (TPSA) is 9.23 Å². The van der Waals surface area contributed by atoms with E-state index in [4.69, 9.17) is 17.0 Å². The molecule has 0 fully saturated rings. The molecule has 0 aliphatic heterocycles. The van der Waals surface area contributed by atoms with Gasteiger partial charge in [-0.25, -0.2) is 0 Å². The molecule has 0 rings (SSSR count). The molecule has 0 aromatic rings. The summed E-state index contributed by atoms with van der Waals surface area (Å²) in [7, 11) is 6.38. The van der Waals surface area contributed by atoms with Crippen LogP contribution in [0.1, 0.15) is 6.92 Å². The smallest absolute Gasteiger partial charge is 0.156 e. The Balaban J connectivity index is 0. The number of hydrogen-bond acceptors (Lipinski definition) is 2. The Morgan fingerprint density at radius 3 is 2.09 bits per heavy atom. The molecule has 0 saturated heterocycles. The highest BCUT2D eigenvalue weighted by atomic mass is 35.5. The second kappa shape index (κ2) is 5.75. The lowest BCUT2D eigenvalue weighted by molar-refractivity contribution is -0.870. The summed E-state index contributed by atoms with van der Waals surface area (Å²) in [4.78, 5) is 0. The van der Waals surface area contributed by atoms with Crippen LogP contribution in [0.5, 0.6) is 0 Å². The molecule has 0 aliphatic rings. The summed E-state index contributed by atoms with van der Waals surface area (Å²) in [6.07, 6.45) is 0. The van der Waals surface area contributed by atoms with Crippen molar-refractivity contribution in [2.24, 2.45) is 0 Å². The third-order valence-corrected chi connectivity index (χ3v) is 1.19. The monoisotopic (exact) mass is 197 g/mol. The summed E-state index contributed by atoms with van der Waals surface area (Å²) in [6, 6.07) is 0. The van der Waals surface area contributed by atoms with E-state index in [9.17, 15) is 0 Å². The molecule has 68 valence electrons. The van der Waals surface area contributed by atoms with Gasteiger partial charge >= 0.3 is 0 Å². The van der Waals surface area contributed by atoms with Crippen molar-refractivity contribution >= 4 is 17.3 Å². The first kappa shape index (κ1) is 13.7. The molecular formula is C7H16ClNOS. The number of quaternary nitrogens is 1. The third-order valence-electron chi connectivity index (χ3n) is 1.07. The largest absolute Gasteiger partial charge is 1.00 e. The number of halogens is 1. The van der Waals surface area contributed by atoms with Gasteiger partial charge in [-0.2, -0.15) is 0 Å². The van der Waals surface area contributed by atoms with Crippen LogP contribution in [0.2, 0.25) is 0 Å². The van der Waals surface area contributed by atoms with E-state index in [1.165, 1.54) is 0 Å². The molecule has 0 aromatic heterocycles. The number of nitrogens with zero attached hydrogens (tertiary/aromatic N) is 1. The van der Waals surface area contributed by atoms with Crippen molar-refractivity contribution in [1.82, 2.24) is 0 Å². The van der Waals surface area contributed by atoms with Crippen LogP contribution in [-0.4, -0.2) is 43.8 Å². The van der Waals surface area contributed by atoms with Crippen LogP contribution in [0, 0.1) is 0 Å². The van der Waals surface area contributed by atoms with Gasteiger partial charge in [-0.1, -0.05) is 0 Å². The minimum absolute atomic E-state index is 0. The summed E-state index contributed by atoms with van der Waals surface area (Å²) in [5.41, 5.74) is 0. The van der Waals surface area contributed by atoms with Gasteiger partial charge in [0.25, 0.3) is 0 Å². The molecule has 0 spiro atoms. The lowest BCUT2D eigenvalue weighted by atomic mass is 10.5. The second-order valence-electron chi connectivity index (χ2n) is 3.35. The van der Waals surface area contributed by atoms with Crippen molar-refractivity contribution < 1.29 is 21.6 Å². The van der Waals surface area contributed by atoms with Gasteiger partial charge in [-0.15, -0.1) is 0 Å². The van der Waals surface area contributed by atoms with Gasteiger partial charge in [0.1, 0.15) is 13.2 Å². The molecule has 0 amide bonds. The van der Waals surface area contributed by atoms with Crippen molar-refractivity contribution in [2.45, 2.75) is 6.92 Å². The van der Waals surface area contributed by atoms with E-state index < -0.39 is 0 Å². The van der Waals surface area contributed by atoms with Crippen LogP contribution in [-0.2, 0) is 4.74 Å². The summed E-state index contributed by atoms with van der Waals surface area (Å²) < 4.78 is 6.05. The average Bonchev–Trinajstić information content (AvgIpc) is 1.59. The lowest BCUT2D eigenvalue weighted by Gasteiger charge is -2.23. The highest BCUT2D eigenvalue weighted by Gasteiger charge is 2.05. The minimum atomic E-state index is 0. The standard InChI is InChI=1S/C7H16NOS.ClH/c1-7(10)9-6-5-8(2,3)4;/h5-6H2,1-4H3;1H/q+1;/p-1.